The van der Waals surface area contributed by atoms with E-state index in [0.717, 1.165) is 16.7 Å². The number of amides is 3. The number of imide groups is 1. The average Bonchev–Trinajstić information content (AvgIpc) is 3.38. The van der Waals surface area contributed by atoms with Gasteiger partial charge in [-0.3, -0.25) is 19.3 Å². The first kappa shape index (κ1) is 24.3. The van der Waals surface area contributed by atoms with Gasteiger partial charge in [-0.2, -0.15) is 5.10 Å². The topological polar surface area (TPSA) is 84.3 Å². The molecule has 3 aromatic rings. The highest BCUT2D eigenvalue weighted by Gasteiger charge is 2.35. The molecule has 7 nitrogen and oxygen atoms in total. The van der Waals surface area contributed by atoms with Gasteiger partial charge in [0.25, 0.3) is 17.1 Å². The third kappa shape index (κ3) is 5.17. The van der Waals surface area contributed by atoms with Crippen LogP contribution in [0.15, 0.2) is 59.6 Å². The van der Waals surface area contributed by atoms with E-state index in [9.17, 15) is 23.2 Å². The summed E-state index contributed by atoms with van der Waals surface area (Å²) in [5, 5.41) is 6.53. The molecular weight excluding hydrogens is 474 g/mol. The first-order chi connectivity index (χ1) is 16.8. The van der Waals surface area contributed by atoms with Crippen molar-refractivity contribution in [3.05, 3.63) is 88.1 Å². The molecule has 1 saturated heterocycles. The zero-order valence-electron chi connectivity index (χ0n) is 19.0. The van der Waals surface area contributed by atoms with Crippen LogP contribution in [0, 0.1) is 11.6 Å². The number of nitrogens with one attached hydrogen (secondary N) is 1. The highest BCUT2D eigenvalue weighted by molar-refractivity contribution is 8.18. The minimum atomic E-state index is -0.537. The molecule has 0 spiro atoms. The lowest BCUT2D eigenvalue weighted by atomic mass is 10.0. The highest BCUT2D eigenvalue weighted by Crippen LogP contribution is 2.32. The molecule has 0 radical (unpaired) electrons. The van der Waals surface area contributed by atoms with Crippen LogP contribution in [0.25, 0.3) is 11.8 Å². The van der Waals surface area contributed by atoms with Crippen LogP contribution in [0.3, 0.4) is 0 Å². The number of nitrogens with zero attached hydrogens (tertiary/aromatic N) is 3. The fourth-order valence-corrected chi connectivity index (χ4v) is 4.54. The van der Waals surface area contributed by atoms with E-state index >= 15 is 0 Å². The zero-order chi connectivity index (χ0) is 25.1. The van der Waals surface area contributed by atoms with Gasteiger partial charge in [-0.25, -0.2) is 13.5 Å². The second-order valence-electron chi connectivity index (χ2n) is 8.10. The van der Waals surface area contributed by atoms with E-state index in [1.807, 2.05) is 13.8 Å². The Morgan fingerprint density at radius 3 is 2.51 bits per heavy atom. The minimum absolute atomic E-state index is 0.0309. The summed E-state index contributed by atoms with van der Waals surface area (Å²) in [6.07, 6.45) is 2.78. The number of hydrogen-bond acceptors (Lipinski definition) is 5. The molecule has 1 aliphatic heterocycles. The Morgan fingerprint density at radius 2 is 1.83 bits per heavy atom. The minimum Gasteiger partial charge on any atom is -0.350 e. The predicted octanol–water partition coefficient (Wildman–Crippen LogP) is 4.74. The monoisotopic (exact) mass is 496 g/mol. The third-order valence-corrected chi connectivity index (χ3v) is 6.26. The summed E-state index contributed by atoms with van der Waals surface area (Å²) in [6, 6.07) is 11.7. The molecule has 0 atom stereocenters. The van der Waals surface area contributed by atoms with Gasteiger partial charge in [0.1, 0.15) is 11.6 Å². The van der Waals surface area contributed by atoms with Crippen LogP contribution >= 0.6 is 11.8 Å². The molecule has 0 bridgehead atoms. The van der Waals surface area contributed by atoms with E-state index in [2.05, 4.69) is 10.4 Å². The highest BCUT2D eigenvalue weighted by atomic mass is 32.2. The Kier molecular flexibility index (Phi) is 7.11. The molecule has 2 heterocycles. The Labute approximate surface area is 204 Å². The van der Waals surface area contributed by atoms with Crippen molar-refractivity contribution in [3.8, 4) is 5.69 Å². The van der Waals surface area contributed by atoms with Gasteiger partial charge in [0.15, 0.2) is 0 Å². The van der Waals surface area contributed by atoms with Crippen molar-refractivity contribution in [2.75, 3.05) is 13.1 Å². The lowest BCUT2D eigenvalue weighted by molar-refractivity contribution is -0.122. The standard InChI is InChI=1S/C25H22F2N4O3S/c1-15(2)22-19(14-29-31(22)18-9-7-17(26)8-10-18)23(32)28-11-12-30-24(33)21(35-25(30)34)13-16-5-3-4-6-20(16)27/h3-10,13-15H,11-12H2,1-2H3,(H,28,32)/b21-13-. The number of thioether (sulfide) groups is 1. The van der Waals surface area contributed by atoms with Crippen LogP contribution < -0.4 is 5.32 Å². The van der Waals surface area contributed by atoms with Crippen LogP contribution in [-0.4, -0.2) is 44.8 Å². The number of hydrogen-bond donors (Lipinski definition) is 1. The molecule has 0 unspecified atom stereocenters. The smallest absolute Gasteiger partial charge is 0.293 e. The van der Waals surface area contributed by atoms with E-state index < -0.39 is 22.9 Å². The van der Waals surface area contributed by atoms with Crippen molar-refractivity contribution in [2.45, 2.75) is 19.8 Å². The molecular formula is C25H22F2N4O3S. The summed E-state index contributed by atoms with van der Waals surface area (Å²) in [7, 11) is 0. The van der Waals surface area contributed by atoms with Gasteiger partial charge >= 0.3 is 0 Å². The van der Waals surface area contributed by atoms with Crippen LogP contribution in [-0.2, 0) is 4.79 Å². The second kappa shape index (κ2) is 10.2. The maximum atomic E-state index is 13.9. The van der Waals surface area contributed by atoms with Gasteiger partial charge in [-0.05, 0) is 54.1 Å². The van der Waals surface area contributed by atoms with Crippen molar-refractivity contribution in [1.82, 2.24) is 20.0 Å². The largest absolute Gasteiger partial charge is 0.350 e. The van der Waals surface area contributed by atoms with Gasteiger partial charge in [-0.15, -0.1) is 0 Å². The molecule has 1 N–H and O–H groups in total. The van der Waals surface area contributed by atoms with E-state index in [1.54, 1.807) is 22.9 Å². The molecule has 180 valence electrons. The molecule has 35 heavy (non-hydrogen) atoms. The maximum Gasteiger partial charge on any atom is 0.293 e. The van der Waals surface area contributed by atoms with Gasteiger partial charge in [0.05, 0.1) is 28.0 Å². The van der Waals surface area contributed by atoms with Crippen molar-refractivity contribution < 1.29 is 23.2 Å². The summed E-state index contributed by atoms with van der Waals surface area (Å²) >= 11 is 0.728. The van der Waals surface area contributed by atoms with E-state index in [0.29, 0.717) is 16.9 Å². The molecule has 0 aliphatic carbocycles. The first-order valence-corrected chi connectivity index (χ1v) is 11.7. The zero-order valence-corrected chi connectivity index (χ0v) is 19.8. The predicted molar refractivity (Wildman–Crippen MR) is 129 cm³/mol. The summed E-state index contributed by atoms with van der Waals surface area (Å²) in [5.74, 6) is -1.87. The lowest BCUT2D eigenvalue weighted by Crippen LogP contribution is -2.37. The van der Waals surface area contributed by atoms with Gasteiger partial charge in [0.2, 0.25) is 0 Å². The molecule has 1 aliphatic rings. The normalized spacial score (nSPS) is 14.9. The Balaban J connectivity index is 1.43. The number of carbonyl (C=O) groups excluding carboxylic acids is 3. The van der Waals surface area contributed by atoms with Crippen LogP contribution in [0.2, 0.25) is 0 Å². The molecule has 10 heteroatoms. The molecule has 0 saturated carbocycles. The number of carbonyl (C=O) groups is 3. The van der Waals surface area contributed by atoms with Crippen molar-refractivity contribution in [1.29, 1.82) is 0 Å². The van der Waals surface area contributed by atoms with Gasteiger partial charge in [-0.1, -0.05) is 32.0 Å². The van der Waals surface area contributed by atoms with E-state index in [1.165, 1.54) is 42.6 Å². The quantitative estimate of drug-likeness (QED) is 0.478. The SMILES string of the molecule is CC(C)c1c(C(=O)NCCN2C(=O)S/C(=C\c3ccccc3F)C2=O)cnn1-c1ccc(F)cc1. The number of aromatic nitrogens is 2. The molecule has 4 rings (SSSR count). The van der Waals surface area contributed by atoms with Crippen molar-refractivity contribution >= 4 is 34.9 Å². The lowest BCUT2D eigenvalue weighted by Gasteiger charge is -2.15. The van der Waals surface area contributed by atoms with Gasteiger partial charge in [0, 0.05) is 18.7 Å². The summed E-state index contributed by atoms with van der Waals surface area (Å²) in [6.45, 7) is 3.82. The Hall–Kier alpha value is -3.79. The molecule has 3 amide bonds. The fraction of sp³-hybridized carbons (Fsp3) is 0.200. The van der Waals surface area contributed by atoms with Crippen LogP contribution in [0.1, 0.15) is 41.4 Å². The number of halogens is 2. The maximum absolute atomic E-state index is 13.9. The van der Waals surface area contributed by atoms with E-state index in [-0.39, 0.29) is 35.3 Å². The summed E-state index contributed by atoms with van der Waals surface area (Å²) in [5.41, 5.74) is 1.82. The van der Waals surface area contributed by atoms with Gasteiger partial charge < -0.3 is 5.32 Å². The molecule has 2 aromatic carbocycles. The molecule has 1 aromatic heterocycles. The van der Waals surface area contributed by atoms with Crippen molar-refractivity contribution in [2.24, 2.45) is 0 Å². The Morgan fingerprint density at radius 1 is 1.11 bits per heavy atom. The second-order valence-corrected chi connectivity index (χ2v) is 9.09. The van der Waals surface area contributed by atoms with Crippen LogP contribution in [0.4, 0.5) is 13.6 Å². The number of benzene rings is 2. The number of rotatable bonds is 7. The first-order valence-electron chi connectivity index (χ1n) is 10.9. The van der Waals surface area contributed by atoms with Crippen LogP contribution in [0.5, 0.6) is 0 Å². The summed E-state index contributed by atoms with van der Waals surface area (Å²) in [4.78, 5) is 39.0. The average molecular weight is 497 g/mol. The third-order valence-electron chi connectivity index (χ3n) is 5.36. The fourth-order valence-electron chi connectivity index (χ4n) is 3.68. The summed E-state index contributed by atoms with van der Waals surface area (Å²) < 4.78 is 28.8. The van der Waals surface area contributed by atoms with E-state index in [4.69, 9.17) is 0 Å². The molecule has 1 fully saturated rings. The Bertz CT molecular complexity index is 1320. The van der Waals surface area contributed by atoms with Crippen molar-refractivity contribution in [3.63, 3.8) is 0 Å².